The Morgan fingerprint density at radius 2 is 1.89 bits per heavy atom. The topological polar surface area (TPSA) is 83.5 Å². The molecule has 108 valence electrons. The van der Waals surface area contributed by atoms with Crippen molar-refractivity contribution in [2.24, 2.45) is 0 Å². The summed E-state index contributed by atoms with van der Waals surface area (Å²) in [5, 5.41) is 9.26. The van der Waals surface area contributed by atoms with Crippen LogP contribution in [-0.2, 0) is 21.2 Å². The molecule has 5 nitrogen and oxygen atoms in total. The predicted octanol–water partition coefficient (Wildman–Crippen LogP) is 2.23. The number of hydrogen-bond donors (Lipinski definition) is 2. The molecule has 0 aliphatic carbocycles. The molecule has 1 aromatic heterocycles. The molecule has 0 fully saturated rings. The van der Waals surface area contributed by atoms with E-state index in [0.29, 0.717) is 0 Å². The highest BCUT2D eigenvalue weighted by atomic mass is 32.2. The minimum absolute atomic E-state index is 0.164. The van der Waals surface area contributed by atoms with E-state index in [0.717, 1.165) is 11.3 Å². The summed E-state index contributed by atoms with van der Waals surface area (Å²) in [6.07, 6.45) is 1.15. The molecule has 0 aliphatic rings. The SMILES string of the molecule is CCc1ccc(S(=O)(=O)NC(CC)(CC)C(=O)O)s1. The maximum Gasteiger partial charge on any atom is 0.324 e. The van der Waals surface area contributed by atoms with Gasteiger partial charge in [-0.25, -0.2) is 8.42 Å². The lowest BCUT2D eigenvalue weighted by molar-refractivity contribution is -0.144. The average Bonchev–Trinajstić information content (AvgIpc) is 2.85. The summed E-state index contributed by atoms with van der Waals surface area (Å²) in [5.41, 5.74) is -1.44. The lowest BCUT2D eigenvalue weighted by Gasteiger charge is -2.27. The molecule has 7 heteroatoms. The molecule has 1 rings (SSSR count). The standard InChI is InChI=1S/C12H19NO4S2/c1-4-9-7-8-10(18-9)19(16,17)13-12(5-2,6-3)11(14)15/h7-8,13H,4-6H2,1-3H3,(H,14,15). The third-order valence-corrected chi connectivity index (χ3v) is 6.45. The third-order valence-electron chi connectivity index (χ3n) is 3.20. The van der Waals surface area contributed by atoms with Crippen LogP contribution in [0.25, 0.3) is 0 Å². The molecule has 1 aromatic rings. The van der Waals surface area contributed by atoms with Gasteiger partial charge in [-0.3, -0.25) is 4.79 Å². The van der Waals surface area contributed by atoms with Crippen molar-refractivity contribution in [2.75, 3.05) is 0 Å². The minimum atomic E-state index is -3.79. The van der Waals surface area contributed by atoms with Gasteiger partial charge in [0.2, 0.25) is 0 Å². The number of rotatable bonds is 7. The summed E-state index contributed by atoms with van der Waals surface area (Å²) in [6, 6.07) is 3.27. The van der Waals surface area contributed by atoms with E-state index in [1.54, 1.807) is 19.9 Å². The molecule has 19 heavy (non-hydrogen) atoms. The number of sulfonamides is 1. The van der Waals surface area contributed by atoms with E-state index in [1.807, 2.05) is 6.92 Å². The first-order valence-corrected chi connectivity index (χ1v) is 8.47. The Hall–Kier alpha value is -0.920. The Morgan fingerprint density at radius 3 is 2.26 bits per heavy atom. The zero-order valence-electron chi connectivity index (χ0n) is 11.3. The average molecular weight is 305 g/mol. The maximum absolute atomic E-state index is 12.2. The number of aliphatic carboxylic acids is 1. The molecule has 0 saturated heterocycles. The van der Waals surface area contributed by atoms with Crippen molar-refractivity contribution in [1.29, 1.82) is 0 Å². The van der Waals surface area contributed by atoms with Crippen LogP contribution in [0.5, 0.6) is 0 Å². The Morgan fingerprint density at radius 1 is 1.32 bits per heavy atom. The van der Waals surface area contributed by atoms with E-state index < -0.39 is 21.5 Å². The first kappa shape index (κ1) is 16.1. The van der Waals surface area contributed by atoms with Gasteiger partial charge >= 0.3 is 5.97 Å². The highest BCUT2D eigenvalue weighted by Crippen LogP contribution is 2.25. The van der Waals surface area contributed by atoms with Crippen molar-refractivity contribution in [3.8, 4) is 0 Å². The van der Waals surface area contributed by atoms with Crippen LogP contribution in [0.1, 0.15) is 38.5 Å². The molecule has 0 aromatic carbocycles. The van der Waals surface area contributed by atoms with Gasteiger partial charge in [0.05, 0.1) is 0 Å². The van der Waals surface area contributed by atoms with Gasteiger partial charge in [0.1, 0.15) is 9.75 Å². The van der Waals surface area contributed by atoms with Gasteiger partial charge < -0.3 is 5.11 Å². The number of carbonyl (C=O) groups is 1. The van der Waals surface area contributed by atoms with Crippen molar-refractivity contribution < 1.29 is 18.3 Å². The van der Waals surface area contributed by atoms with Crippen LogP contribution in [0.15, 0.2) is 16.3 Å². The molecule has 0 spiro atoms. The normalized spacial score (nSPS) is 12.6. The quantitative estimate of drug-likeness (QED) is 0.809. The highest BCUT2D eigenvalue weighted by Gasteiger charge is 2.39. The lowest BCUT2D eigenvalue weighted by atomic mass is 9.95. The predicted molar refractivity (Wildman–Crippen MR) is 75.0 cm³/mol. The summed E-state index contributed by atoms with van der Waals surface area (Å²) >= 11 is 1.17. The zero-order valence-corrected chi connectivity index (χ0v) is 12.9. The van der Waals surface area contributed by atoms with Crippen molar-refractivity contribution >= 4 is 27.3 Å². The third kappa shape index (κ3) is 3.34. The second kappa shape index (κ2) is 6.02. The van der Waals surface area contributed by atoms with Crippen LogP contribution in [0.2, 0.25) is 0 Å². The summed E-state index contributed by atoms with van der Waals surface area (Å²) < 4.78 is 27.0. The fraction of sp³-hybridized carbons (Fsp3) is 0.583. The smallest absolute Gasteiger partial charge is 0.324 e. The monoisotopic (exact) mass is 305 g/mol. The molecule has 0 atom stereocenters. The largest absolute Gasteiger partial charge is 0.480 e. The molecule has 0 aliphatic heterocycles. The van der Waals surface area contributed by atoms with Crippen LogP contribution in [-0.4, -0.2) is 25.0 Å². The number of hydrogen-bond acceptors (Lipinski definition) is 4. The molecule has 2 N–H and O–H groups in total. The molecule has 0 saturated carbocycles. The Kier molecular flexibility index (Phi) is 5.11. The molecular weight excluding hydrogens is 286 g/mol. The highest BCUT2D eigenvalue weighted by molar-refractivity contribution is 7.91. The van der Waals surface area contributed by atoms with E-state index in [9.17, 15) is 18.3 Å². The summed E-state index contributed by atoms with van der Waals surface area (Å²) in [6.45, 7) is 5.26. The number of carboxylic acid groups (broad SMARTS) is 1. The molecule has 0 unspecified atom stereocenters. The van der Waals surface area contributed by atoms with E-state index in [1.165, 1.54) is 17.4 Å². The Labute approximate surface area is 117 Å². The summed E-state index contributed by atoms with van der Waals surface area (Å²) in [5.74, 6) is -1.15. The molecule has 1 heterocycles. The second-order valence-electron chi connectivity index (χ2n) is 4.27. The second-order valence-corrected chi connectivity index (χ2v) is 7.35. The van der Waals surface area contributed by atoms with Gasteiger partial charge in [0.15, 0.2) is 0 Å². The number of nitrogens with one attached hydrogen (secondary N) is 1. The lowest BCUT2D eigenvalue weighted by Crippen LogP contribution is -2.53. The van der Waals surface area contributed by atoms with Crippen LogP contribution in [0.3, 0.4) is 0 Å². The van der Waals surface area contributed by atoms with E-state index in [2.05, 4.69) is 4.72 Å². The van der Waals surface area contributed by atoms with Crippen LogP contribution in [0, 0.1) is 0 Å². The van der Waals surface area contributed by atoms with Crippen molar-refractivity contribution in [3.05, 3.63) is 17.0 Å². The Bertz CT molecular complexity index is 544. The van der Waals surface area contributed by atoms with E-state index >= 15 is 0 Å². The van der Waals surface area contributed by atoms with Gasteiger partial charge in [-0.1, -0.05) is 20.8 Å². The minimum Gasteiger partial charge on any atom is -0.480 e. The van der Waals surface area contributed by atoms with Crippen molar-refractivity contribution in [3.63, 3.8) is 0 Å². The molecule has 0 radical (unpaired) electrons. The van der Waals surface area contributed by atoms with Gasteiger partial charge in [0, 0.05) is 4.88 Å². The summed E-state index contributed by atoms with van der Waals surface area (Å²) in [4.78, 5) is 12.3. The van der Waals surface area contributed by atoms with E-state index in [4.69, 9.17) is 0 Å². The van der Waals surface area contributed by atoms with Crippen LogP contribution in [0.4, 0.5) is 0 Å². The van der Waals surface area contributed by atoms with Crippen molar-refractivity contribution in [2.45, 2.75) is 49.8 Å². The first-order valence-electron chi connectivity index (χ1n) is 6.17. The molecular formula is C12H19NO4S2. The number of aryl methyl sites for hydroxylation is 1. The molecule has 0 amide bonds. The Balaban J connectivity index is 3.10. The maximum atomic E-state index is 12.2. The zero-order chi connectivity index (χ0) is 14.7. The summed E-state index contributed by atoms with van der Waals surface area (Å²) in [7, 11) is -3.79. The van der Waals surface area contributed by atoms with Gasteiger partial charge in [0.25, 0.3) is 10.0 Å². The van der Waals surface area contributed by atoms with Gasteiger partial charge in [-0.2, -0.15) is 4.72 Å². The fourth-order valence-electron chi connectivity index (χ4n) is 1.74. The van der Waals surface area contributed by atoms with Crippen molar-refractivity contribution in [1.82, 2.24) is 4.72 Å². The number of carboxylic acids is 1. The first-order chi connectivity index (χ1) is 8.81. The fourth-order valence-corrected chi connectivity index (χ4v) is 4.54. The van der Waals surface area contributed by atoms with Gasteiger partial charge in [-0.15, -0.1) is 11.3 Å². The van der Waals surface area contributed by atoms with E-state index in [-0.39, 0.29) is 17.1 Å². The van der Waals surface area contributed by atoms with Gasteiger partial charge in [-0.05, 0) is 31.4 Å². The van der Waals surface area contributed by atoms with Crippen LogP contribution >= 0.6 is 11.3 Å². The number of thiophene rings is 1. The van der Waals surface area contributed by atoms with Crippen LogP contribution < -0.4 is 4.72 Å². The molecule has 0 bridgehead atoms.